The van der Waals surface area contributed by atoms with E-state index < -0.39 is 11.2 Å². The van der Waals surface area contributed by atoms with E-state index in [-0.39, 0.29) is 23.8 Å². The maximum atomic E-state index is 11.9. The third-order valence-electron chi connectivity index (χ3n) is 4.48. The van der Waals surface area contributed by atoms with Gasteiger partial charge in [-0.2, -0.15) is 0 Å². The minimum absolute atomic E-state index is 0.211. The second kappa shape index (κ2) is 15.0. The van der Waals surface area contributed by atoms with Gasteiger partial charge in [-0.1, -0.05) is 18.2 Å². The zero-order valence-electron chi connectivity index (χ0n) is 22.3. The molecule has 0 spiro atoms. The van der Waals surface area contributed by atoms with Crippen molar-refractivity contribution in [3.05, 3.63) is 58.1 Å². The van der Waals surface area contributed by atoms with Crippen LogP contribution in [0.3, 0.4) is 0 Å². The predicted molar refractivity (Wildman–Crippen MR) is 155 cm³/mol. The molecule has 2 aromatic carbocycles. The van der Waals surface area contributed by atoms with Crippen molar-refractivity contribution in [3.63, 3.8) is 0 Å². The topological polar surface area (TPSA) is 117 Å². The van der Waals surface area contributed by atoms with Crippen molar-refractivity contribution in [3.8, 4) is 0 Å². The SMILES string of the molecule is CC(C(=O)OC(C)(C)C)c1ccc(N)c(Br)c1.CC(C(=O)OC(C)(C)C)c1ccc(N)cc1.[B]=NS. The minimum atomic E-state index is -0.462. The van der Waals surface area contributed by atoms with Gasteiger partial charge in [-0.15, -0.1) is 0 Å². The van der Waals surface area contributed by atoms with Crippen LogP contribution < -0.4 is 11.5 Å². The van der Waals surface area contributed by atoms with E-state index >= 15 is 0 Å². The molecule has 0 heterocycles. The van der Waals surface area contributed by atoms with E-state index in [1.54, 1.807) is 18.2 Å². The van der Waals surface area contributed by atoms with Gasteiger partial charge in [0.2, 0.25) is 0 Å². The van der Waals surface area contributed by atoms with Crippen molar-refractivity contribution >= 4 is 59.7 Å². The zero-order chi connectivity index (χ0) is 28.3. The van der Waals surface area contributed by atoms with E-state index in [0.29, 0.717) is 11.4 Å². The van der Waals surface area contributed by atoms with Crippen LogP contribution in [0.5, 0.6) is 0 Å². The van der Waals surface area contributed by atoms with Crippen LogP contribution in [0.25, 0.3) is 0 Å². The molecule has 2 unspecified atom stereocenters. The Morgan fingerprint density at radius 2 is 1.22 bits per heavy atom. The van der Waals surface area contributed by atoms with Crippen LogP contribution in [-0.4, -0.2) is 30.8 Å². The molecule has 0 aliphatic carbocycles. The van der Waals surface area contributed by atoms with Crippen LogP contribution in [0, 0.1) is 0 Å². The van der Waals surface area contributed by atoms with Crippen molar-refractivity contribution < 1.29 is 19.1 Å². The number of nitrogens with two attached hydrogens (primary N) is 2. The van der Waals surface area contributed by atoms with Gasteiger partial charge < -0.3 is 20.9 Å². The van der Waals surface area contributed by atoms with Crippen LogP contribution >= 0.6 is 28.7 Å². The summed E-state index contributed by atoms with van der Waals surface area (Å²) in [6, 6.07) is 12.7. The summed E-state index contributed by atoms with van der Waals surface area (Å²) in [4.78, 5) is 23.7. The first kappa shape index (κ1) is 33.7. The van der Waals surface area contributed by atoms with Crippen LogP contribution in [-0.2, 0) is 19.1 Å². The first-order valence-corrected chi connectivity index (χ1v) is 12.5. The molecule has 2 rings (SSSR count). The van der Waals surface area contributed by atoms with E-state index in [4.69, 9.17) is 20.9 Å². The first-order chi connectivity index (χ1) is 16.4. The molecule has 1 radical (unpaired) electrons. The summed E-state index contributed by atoms with van der Waals surface area (Å²) < 4.78 is 14.1. The monoisotopic (exact) mass is 578 g/mol. The summed E-state index contributed by atoms with van der Waals surface area (Å²) in [6.45, 7) is 14.8. The summed E-state index contributed by atoms with van der Waals surface area (Å²) >= 11 is 6.54. The third-order valence-corrected chi connectivity index (χ3v) is 5.17. The molecule has 0 saturated heterocycles. The van der Waals surface area contributed by atoms with E-state index in [1.165, 1.54) is 0 Å². The Bertz CT molecular complexity index is 1010. The Morgan fingerprint density at radius 3 is 1.58 bits per heavy atom. The van der Waals surface area contributed by atoms with Gasteiger partial charge in [0.25, 0.3) is 0 Å². The van der Waals surface area contributed by atoms with E-state index in [0.717, 1.165) is 15.6 Å². The normalized spacial score (nSPS) is 12.5. The fourth-order valence-corrected chi connectivity index (χ4v) is 3.05. The van der Waals surface area contributed by atoms with Crippen LogP contribution in [0.15, 0.2) is 51.2 Å². The van der Waals surface area contributed by atoms with E-state index in [1.807, 2.05) is 79.7 Å². The number of anilines is 2. The molecule has 4 N–H and O–H groups in total. The van der Waals surface area contributed by atoms with E-state index in [9.17, 15) is 9.59 Å². The number of thiol groups is 1. The van der Waals surface area contributed by atoms with Gasteiger partial charge in [0.1, 0.15) is 11.2 Å². The second-order valence-electron chi connectivity index (χ2n) is 10.1. The van der Waals surface area contributed by atoms with E-state index in [2.05, 4.69) is 40.7 Å². The van der Waals surface area contributed by atoms with Crippen molar-refractivity contribution in [2.75, 3.05) is 11.5 Å². The van der Waals surface area contributed by atoms with Crippen molar-refractivity contribution in [1.82, 2.24) is 0 Å². The molecular formula is C26H38BBrN3O4S. The molecule has 2 atom stereocenters. The Hall–Kier alpha value is -2.33. The van der Waals surface area contributed by atoms with Gasteiger partial charge in [0, 0.05) is 15.8 Å². The number of hydrogen-bond donors (Lipinski definition) is 3. The number of hydrogen-bond acceptors (Lipinski definition) is 8. The molecule has 197 valence electrons. The average molecular weight is 579 g/mol. The Labute approximate surface area is 230 Å². The zero-order valence-corrected chi connectivity index (χ0v) is 24.8. The molecule has 0 amide bonds. The third kappa shape index (κ3) is 13.7. The molecule has 0 saturated carbocycles. The Morgan fingerprint density at radius 1 is 0.861 bits per heavy atom. The number of esters is 2. The van der Waals surface area contributed by atoms with Crippen LogP contribution in [0.2, 0.25) is 0 Å². The summed E-state index contributed by atoms with van der Waals surface area (Å²) in [6.07, 6.45) is 0. The Balaban J connectivity index is 0.000000614. The summed E-state index contributed by atoms with van der Waals surface area (Å²) in [7, 11) is 4.34. The molecule has 0 fully saturated rings. The van der Waals surface area contributed by atoms with Crippen LogP contribution in [0.4, 0.5) is 11.4 Å². The molecule has 36 heavy (non-hydrogen) atoms. The number of nitrogens with zero attached hydrogens (tertiary/aromatic N) is 1. The number of carbonyl (C=O) groups is 2. The molecule has 0 aliphatic heterocycles. The summed E-state index contributed by atoms with van der Waals surface area (Å²) in [5.74, 6) is -1.00. The van der Waals surface area contributed by atoms with Crippen molar-refractivity contribution in [2.45, 2.75) is 78.4 Å². The molecule has 0 bridgehead atoms. The number of benzene rings is 2. The number of carbonyl (C=O) groups excluding carboxylic acids is 2. The molecule has 2 aromatic rings. The molecule has 0 aliphatic rings. The van der Waals surface area contributed by atoms with Gasteiger partial charge in [-0.3, -0.25) is 9.59 Å². The predicted octanol–water partition coefficient (Wildman–Crippen LogP) is 6.37. The van der Waals surface area contributed by atoms with Crippen molar-refractivity contribution in [1.29, 1.82) is 0 Å². The number of halogens is 1. The molecule has 7 nitrogen and oxygen atoms in total. The summed E-state index contributed by atoms with van der Waals surface area (Å²) in [5.41, 5.74) is 13.5. The van der Waals surface area contributed by atoms with Crippen LogP contribution in [0.1, 0.15) is 78.4 Å². The van der Waals surface area contributed by atoms with Gasteiger partial charge >= 0.3 is 36.7 Å². The Kier molecular flexibility index (Phi) is 14.1. The standard InChI is InChI=1S/C13H18BrNO2.C13H19NO2.BHNS/c1-8(12(16)17-13(2,3)4)9-5-6-11(15)10(14)7-9;1-9(12(15)16-13(2,3)4)10-5-7-11(14)8-6-10;1-2-3/h5-8H,15H2,1-4H3;5-9H,14H2,1-4H3;3H. The molecule has 10 heteroatoms. The number of rotatable bonds is 4. The van der Waals surface area contributed by atoms with Gasteiger partial charge in [0.15, 0.2) is 0 Å². The first-order valence-electron chi connectivity index (χ1n) is 11.3. The molecular weight excluding hydrogens is 541 g/mol. The summed E-state index contributed by atoms with van der Waals surface area (Å²) in [5, 5.41) is 0. The number of ether oxygens (including phenoxy) is 2. The molecule has 0 aromatic heterocycles. The maximum absolute atomic E-state index is 11.9. The van der Waals surface area contributed by atoms with Gasteiger partial charge in [-0.25, -0.2) is 0 Å². The fourth-order valence-electron chi connectivity index (χ4n) is 2.65. The van der Waals surface area contributed by atoms with Gasteiger partial charge in [-0.05, 0) is 107 Å². The van der Waals surface area contributed by atoms with Gasteiger partial charge in [0.05, 0.1) is 11.8 Å². The fraction of sp³-hybridized carbons (Fsp3) is 0.462. The quantitative estimate of drug-likeness (QED) is 0.168. The second-order valence-corrected chi connectivity index (χ2v) is 11.2. The van der Waals surface area contributed by atoms with Crippen molar-refractivity contribution in [2.24, 2.45) is 4.30 Å². The number of nitrogen functional groups attached to an aromatic ring is 2. The average Bonchev–Trinajstić information content (AvgIpc) is 2.74.